The van der Waals surface area contributed by atoms with Crippen LogP contribution in [-0.4, -0.2) is 27.5 Å². The number of thioether (sulfide) groups is 1. The molecule has 1 aromatic rings. The number of nitrogens with zero attached hydrogens (tertiary/aromatic N) is 2. The van der Waals surface area contributed by atoms with E-state index in [0.717, 1.165) is 23.8 Å². The van der Waals surface area contributed by atoms with Crippen molar-refractivity contribution in [1.82, 2.24) is 9.97 Å². The van der Waals surface area contributed by atoms with Gasteiger partial charge in [-0.2, -0.15) is 11.8 Å². The van der Waals surface area contributed by atoms with Gasteiger partial charge in [0.2, 0.25) is 0 Å². The lowest BCUT2D eigenvalue weighted by molar-refractivity contribution is 0.379. The Labute approximate surface area is 112 Å². The minimum absolute atomic E-state index is 0.379. The van der Waals surface area contributed by atoms with Gasteiger partial charge in [0, 0.05) is 11.3 Å². The summed E-state index contributed by atoms with van der Waals surface area (Å²) in [5.41, 5.74) is 1.83. The van der Waals surface area contributed by atoms with Crippen LogP contribution in [0.3, 0.4) is 0 Å². The van der Waals surface area contributed by atoms with Gasteiger partial charge in [-0.15, -0.1) is 0 Å². The molecule has 1 N–H and O–H groups in total. The molecule has 0 aromatic carbocycles. The summed E-state index contributed by atoms with van der Waals surface area (Å²) in [6, 6.07) is 0. The first-order valence-electron chi connectivity index (χ1n) is 5.86. The van der Waals surface area contributed by atoms with Crippen LogP contribution in [0.1, 0.15) is 30.7 Å². The van der Waals surface area contributed by atoms with E-state index in [2.05, 4.69) is 21.5 Å². The monoisotopic (exact) mass is 271 g/mol. The topological polar surface area (TPSA) is 37.8 Å². The molecule has 1 aliphatic rings. The lowest BCUT2D eigenvalue weighted by atomic mass is 9.84. The maximum atomic E-state index is 6.09. The Kier molecular flexibility index (Phi) is 3.83. The average molecular weight is 272 g/mol. The van der Waals surface area contributed by atoms with E-state index in [1.807, 2.05) is 25.6 Å². The molecular formula is C12H18ClN3S. The lowest BCUT2D eigenvalue weighted by Gasteiger charge is -2.40. The normalized spacial score (nSPS) is 17.6. The van der Waals surface area contributed by atoms with Crippen molar-refractivity contribution in [2.24, 2.45) is 0 Å². The number of aromatic nitrogens is 2. The lowest BCUT2D eigenvalue weighted by Crippen LogP contribution is -2.40. The number of rotatable bonds is 4. The third-order valence-corrected chi connectivity index (χ3v) is 5.22. The van der Waals surface area contributed by atoms with Crippen molar-refractivity contribution >= 4 is 29.2 Å². The summed E-state index contributed by atoms with van der Waals surface area (Å²) in [6.07, 6.45) is 6.05. The highest BCUT2D eigenvalue weighted by atomic mass is 35.5. The van der Waals surface area contributed by atoms with Crippen LogP contribution in [-0.2, 0) is 0 Å². The van der Waals surface area contributed by atoms with E-state index in [9.17, 15) is 0 Å². The minimum Gasteiger partial charge on any atom is -0.366 e. The molecule has 1 saturated carbocycles. The van der Waals surface area contributed by atoms with Crippen molar-refractivity contribution in [3.8, 4) is 0 Å². The van der Waals surface area contributed by atoms with Gasteiger partial charge in [0.1, 0.15) is 0 Å². The molecule has 94 valence electrons. The van der Waals surface area contributed by atoms with Crippen LogP contribution in [0.25, 0.3) is 0 Å². The van der Waals surface area contributed by atoms with E-state index < -0.39 is 0 Å². The maximum Gasteiger partial charge on any atom is 0.171 e. The van der Waals surface area contributed by atoms with E-state index >= 15 is 0 Å². The van der Waals surface area contributed by atoms with Gasteiger partial charge in [0.25, 0.3) is 0 Å². The molecular weight excluding hydrogens is 254 g/mol. The summed E-state index contributed by atoms with van der Waals surface area (Å²) in [6.45, 7) is 4.80. The summed E-state index contributed by atoms with van der Waals surface area (Å²) in [7, 11) is 0. The number of halogens is 1. The van der Waals surface area contributed by atoms with E-state index in [-0.39, 0.29) is 0 Å². The Morgan fingerprint density at radius 2 is 1.94 bits per heavy atom. The van der Waals surface area contributed by atoms with Crippen LogP contribution >= 0.6 is 23.4 Å². The maximum absolute atomic E-state index is 6.09. The second kappa shape index (κ2) is 5.02. The molecule has 0 radical (unpaired) electrons. The van der Waals surface area contributed by atoms with E-state index in [1.165, 1.54) is 19.3 Å². The van der Waals surface area contributed by atoms with Crippen molar-refractivity contribution in [3.63, 3.8) is 0 Å². The number of hydrogen-bond donors (Lipinski definition) is 1. The van der Waals surface area contributed by atoms with Crippen LogP contribution in [0.4, 0.5) is 5.82 Å². The Bertz CT molecular complexity index is 413. The van der Waals surface area contributed by atoms with Crippen LogP contribution in [0, 0.1) is 13.8 Å². The molecule has 1 heterocycles. The van der Waals surface area contributed by atoms with E-state index in [1.54, 1.807) is 0 Å². The van der Waals surface area contributed by atoms with Gasteiger partial charge in [-0.3, -0.25) is 0 Å². The molecule has 1 aliphatic carbocycles. The molecule has 17 heavy (non-hydrogen) atoms. The summed E-state index contributed by atoms with van der Waals surface area (Å²) in [4.78, 5) is 8.73. The number of hydrogen-bond acceptors (Lipinski definition) is 4. The third kappa shape index (κ3) is 2.68. The van der Waals surface area contributed by atoms with Gasteiger partial charge >= 0.3 is 0 Å². The van der Waals surface area contributed by atoms with Gasteiger partial charge < -0.3 is 5.32 Å². The quantitative estimate of drug-likeness (QED) is 0.910. The van der Waals surface area contributed by atoms with E-state index in [4.69, 9.17) is 11.6 Å². The molecule has 0 saturated heterocycles. The van der Waals surface area contributed by atoms with Crippen molar-refractivity contribution in [2.75, 3.05) is 18.1 Å². The van der Waals surface area contributed by atoms with Gasteiger partial charge in [0.15, 0.2) is 11.0 Å². The fraction of sp³-hybridized carbons (Fsp3) is 0.667. The van der Waals surface area contributed by atoms with Crippen molar-refractivity contribution in [3.05, 3.63) is 16.5 Å². The molecule has 0 aliphatic heterocycles. The molecule has 0 atom stereocenters. The van der Waals surface area contributed by atoms with E-state index in [0.29, 0.717) is 9.90 Å². The van der Waals surface area contributed by atoms with Crippen LogP contribution in [0.5, 0.6) is 0 Å². The summed E-state index contributed by atoms with van der Waals surface area (Å²) >= 11 is 8.03. The first-order chi connectivity index (χ1) is 8.06. The highest BCUT2D eigenvalue weighted by Gasteiger charge is 2.36. The predicted molar refractivity (Wildman–Crippen MR) is 75.1 cm³/mol. The molecule has 1 fully saturated rings. The smallest absolute Gasteiger partial charge is 0.171 e. The molecule has 5 heteroatoms. The number of nitrogens with one attached hydrogen (secondary N) is 1. The standard InChI is InChI=1S/C12H18ClN3S/c1-8-9(2)16-11(10(13)15-8)14-7-12(17-3)5-4-6-12/h4-7H2,1-3H3,(H,14,16). The largest absolute Gasteiger partial charge is 0.366 e. The number of aryl methyl sites for hydroxylation is 2. The molecule has 0 bridgehead atoms. The predicted octanol–water partition coefficient (Wildman–Crippen LogP) is 3.44. The second-order valence-electron chi connectivity index (χ2n) is 4.63. The van der Waals surface area contributed by atoms with Gasteiger partial charge in [-0.05, 0) is 32.9 Å². The zero-order valence-corrected chi connectivity index (χ0v) is 12.1. The molecule has 2 rings (SSSR count). The molecule has 0 spiro atoms. The Hall–Kier alpha value is -0.480. The third-order valence-electron chi connectivity index (χ3n) is 3.54. The Morgan fingerprint density at radius 1 is 1.29 bits per heavy atom. The molecule has 3 nitrogen and oxygen atoms in total. The highest BCUT2D eigenvalue weighted by Crippen LogP contribution is 2.42. The summed E-state index contributed by atoms with van der Waals surface area (Å²) < 4.78 is 0.379. The Morgan fingerprint density at radius 3 is 2.47 bits per heavy atom. The van der Waals surface area contributed by atoms with Crippen LogP contribution in [0.15, 0.2) is 0 Å². The van der Waals surface area contributed by atoms with Crippen LogP contribution in [0.2, 0.25) is 5.15 Å². The van der Waals surface area contributed by atoms with Crippen molar-refractivity contribution in [1.29, 1.82) is 0 Å². The first kappa shape index (κ1) is 13.0. The highest BCUT2D eigenvalue weighted by molar-refractivity contribution is 8.00. The Balaban J connectivity index is 2.06. The fourth-order valence-corrected chi connectivity index (χ4v) is 3.11. The number of anilines is 1. The van der Waals surface area contributed by atoms with Crippen LogP contribution < -0.4 is 5.32 Å². The van der Waals surface area contributed by atoms with Crippen molar-refractivity contribution in [2.45, 2.75) is 37.9 Å². The van der Waals surface area contributed by atoms with Gasteiger partial charge in [-0.25, -0.2) is 9.97 Å². The molecule has 0 amide bonds. The van der Waals surface area contributed by atoms with Gasteiger partial charge in [-0.1, -0.05) is 18.0 Å². The zero-order valence-electron chi connectivity index (χ0n) is 10.5. The summed E-state index contributed by atoms with van der Waals surface area (Å²) in [5.74, 6) is 0.718. The minimum atomic E-state index is 0.379. The first-order valence-corrected chi connectivity index (χ1v) is 7.46. The van der Waals surface area contributed by atoms with Crippen molar-refractivity contribution < 1.29 is 0 Å². The summed E-state index contributed by atoms with van der Waals surface area (Å²) in [5, 5.41) is 3.82. The fourth-order valence-electron chi connectivity index (χ4n) is 1.96. The molecule has 0 unspecified atom stereocenters. The average Bonchev–Trinajstić information content (AvgIpc) is 2.24. The SMILES string of the molecule is CSC1(CNc2nc(C)c(C)nc2Cl)CCC1. The van der Waals surface area contributed by atoms with Gasteiger partial charge in [0.05, 0.1) is 11.4 Å². The molecule has 1 aromatic heterocycles. The second-order valence-corrected chi connectivity index (χ2v) is 6.26. The zero-order chi connectivity index (χ0) is 12.5.